The van der Waals surface area contributed by atoms with Crippen molar-refractivity contribution < 1.29 is 9.13 Å². The van der Waals surface area contributed by atoms with E-state index in [9.17, 15) is 4.39 Å². The lowest BCUT2D eigenvalue weighted by atomic mass is 10.00. The molecule has 0 unspecified atom stereocenters. The van der Waals surface area contributed by atoms with Gasteiger partial charge in [0, 0.05) is 12.1 Å². The van der Waals surface area contributed by atoms with Crippen molar-refractivity contribution >= 4 is 5.69 Å². The van der Waals surface area contributed by atoms with Gasteiger partial charge in [0.05, 0.1) is 12.2 Å². The number of ether oxygens (including phenoxy) is 1. The molecule has 0 spiro atoms. The van der Waals surface area contributed by atoms with Gasteiger partial charge in [-0.05, 0) is 61.7 Å². The molecule has 0 radical (unpaired) electrons. The Bertz CT molecular complexity index is 760. The Labute approximate surface area is 142 Å². The normalized spacial score (nSPS) is 16.8. The van der Waals surface area contributed by atoms with E-state index >= 15 is 0 Å². The second-order valence-corrected chi connectivity index (χ2v) is 6.66. The predicted octanol–water partition coefficient (Wildman–Crippen LogP) is 3.22. The van der Waals surface area contributed by atoms with Gasteiger partial charge in [0.2, 0.25) is 0 Å². The number of hydrogen-bond donors (Lipinski definition) is 1. The highest BCUT2D eigenvalue weighted by atomic mass is 19.1. The topological polar surface area (TPSA) is 24.5 Å². The third-order valence-corrected chi connectivity index (χ3v) is 5.02. The van der Waals surface area contributed by atoms with E-state index in [1.165, 1.54) is 11.1 Å². The smallest absolute Gasteiger partial charge is 0.142 e. The van der Waals surface area contributed by atoms with Crippen molar-refractivity contribution in [1.82, 2.24) is 5.32 Å². The van der Waals surface area contributed by atoms with Crippen LogP contribution in [0.5, 0.6) is 5.75 Å². The summed E-state index contributed by atoms with van der Waals surface area (Å²) in [5.74, 6) is 0.847. The van der Waals surface area contributed by atoms with E-state index in [0.29, 0.717) is 18.7 Å². The van der Waals surface area contributed by atoms with Crippen LogP contribution in [0.4, 0.5) is 10.1 Å². The fourth-order valence-electron chi connectivity index (χ4n) is 3.64. The van der Waals surface area contributed by atoms with Gasteiger partial charge < -0.3 is 15.0 Å². The van der Waals surface area contributed by atoms with Gasteiger partial charge in [-0.15, -0.1) is 0 Å². The second kappa shape index (κ2) is 6.44. The molecule has 4 heteroatoms. The number of halogens is 1. The number of benzene rings is 2. The summed E-state index contributed by atoms with van der Waals surface area (Å²) in [6, 6.07) is 10.1. The molecule has 0 fully saturated rings. The lowest BCUT2D eigenvalue weighted by Crippen LogP contribution is -2.32. The summed E-state index contributed by atoms with van der Waals surface area (Å²) in [7, 11) is 0. The van der Waals surface area contributed by atoms with Crippen LogP contribution in [0.25, 0.3) is 0 Å². The number of anilines is 1. The van der Waals surface area contributed by atoms with E-state index in [1.807, 2.05) is 25.1 Å². The van der Waals surface area contributed by atoms with E-state index < -0.39 is 0 Å². The van der Waals surface area contributed by atoms with Crippen molar-refractivity contribution in [3.63, 3.8) is 0 Å². The Kier molecular flexibility index (Phi) is 4.15. The molecule has 0 aliphatic carbocycles. The quantitative estimate of drug-likeness (QED) is 0.917. The molecule has 2 aromatic rings. The SMILES string of the molecule is Cc1cccc(CN2CCOc3cc4c(cc32)CCNCC4)c1F. The zero-order valence-electron chi connectivity index (χ0n) is 14.1. The Balaban J connectivity index is 1.68. The van der Waals surface area contributed by atoms with Crippen LogP contribution in [-0.4, -0.2) is 26.2 Å². The molecule has 2 heterocycles. The molecule has 3 nitrogen and oxygen atoms in total. The maximum absolute atomic E-state index is 14.4. The van der Waals surface area contributed by atoms with Crippen molar-refractivity contribution in [2.75, 3.05) is 31.1 Å². The maximum Gasteiger partial charge on any atom is 0.142 e. The molecule has 2 aliphatic heterocycles. The summed E-state index contributed by atoms with van der Waals surface area (Å²) < 4.78 is 20.3. The zero-order valence-corrected chi connectivity index (χ0v) is 14.1. The second-order valence-electron chi connectivity index (χ2n) is 6.66. The highest BCUT2D eigenvalue weighted by molar-refractivity contribution is 5.63. The monoisotopic (exact) mass is 326 g/mol. The van der Waals surface area contributed by atoms with Crippen molar-refractivity contribution in [2.45, 2.75) is 26.3 Å². The molecule has 24 heavy (non-hydrogen) atoms. The van der Waals surface area contributed by atoms with E-state index in [-0.39, 0.29) is 5.82 Å². The van der Waals surface area contributed by atoms with Crippen LogP contribution in [0.3, 0.4) is 0 Å². The molecule has 0 atom stereocenters. The number of fused-ring (bicyclic) bond motifs is 2. The minimum Gasteiger partial charge on any atom is -0.490 e. The van der Waals surface area contributed by atoms with Gasteiger partial charge in [-0.1, -0.05) is 18.2 Å². The lowest BCUT2D eigenvalue weighted by Gasteiger charge is -2.32. The van der Waals surface area contributed by atoms with Gasteiger partial charge in [-0.2, -0.15) is 0 Å². The molecule has 126 valence electrons. The molecule has 0 saturated heterocycles. The summed E-state index contributed by atoms with van der Waals surface area (Å²) >= 11 is 0. The highest BCUT2D eigenvalue weighted by Crippen LogP contribution is 2.36. The number of rotatable bonds is 2. The van der Waals surface area contributed by atoms with Crippen LogP contribution >= 0.6 is 0 Å². The van der Waals surface area contributed by atoms with E-state index in [4.69, 9.17) is 4.74 Å². The number of nitrogens with zero attached hydrogens (tertiary/aromatic N) is 1. The fourth-order valence-corrected chi connectivity index (χ4v) is 3.64. The average Bonchev–Trinajstić information content (AvgIpc) is 2.82. The van der Waals surface area contributed by atoms with Crippen molar-refractivity contribution in [3.8, 4) is 5.75 Å². The Morgan fingerprint density at radius 3 is 2.79 bits per heavy atom. The molecule has 0 saturated carbocycles. The summed E-state index contributed by atoms with van der Waals surface area (Å²) in [6.45, 7) is 5.87. The highest BCUT2D eigenvalue weighted by Gasteiger charge is 2.22. The summed E-state index contributed by atoms with van der Waals surface area (Å²) in [5, 5.41) is 3.45. The number of hydrogen-bond acceptors (Lipinski definition) is 3. The fraction of sp³-hybridized carbons (Fsp3) is 0.400. The first-order chi connectivity index (χ1) is 11.7. The van der Waals surface area contributed by atoms with Crippen molar-refractivity contribution in [1.29, 1.82) is 0 Å². The van der Waals surface area contributed by atoms with E-state index in [1.54, 1.807) is 0 Å². The summed E-state index contributed by atoms with van der Waals surface area (Å²) in [5.41, 5.74) is 5.32. The Morgan fingerprint density at radius 1 is 1.17 bits per heavy atom. The van der Waals surface area contributed by atoms with Crippen LogP contribution in [0.15, 0.2) is 30.3 Å². The molecular formula is C20H23FN2O. The minimum absolute atomic E-state index is 0.0931. The predicted molar refractivity (Wildman–Crippen MR) is 94.4 cm³/mol. The first kappa shape index (κ1) is 15.5. The van der Waals surface area contributed by atoms with Gasteiger partial charge >= 0.3 is 0 Å². The molecule has 2 aliphatic rings. The first-order valence-electron chi connectivity index (χ1n) is 8.70. The van der Waals surface area contributed by atoms with Crippen molar-refractivity contribution in [3.05, 3.63) is 58.4 Å². The van der Waals surface area contributed by atoms with Gasteiger partial charge in [0.15, 0.2) is 0 Å². The summed E-state index contributed by atoms with van der Waals surface area (Å²) in [4.78, 5) is 2.25. The zero-order chi connectivity index (χ0) is 16.5. The van der Waals surface area contributed by atoms with Gasteiger partial charge in [0.1, 0.15) is 18.2 Å². The van der Waals surface area contributed by atoms with Crippen LogP contribution in [-0.2, 0) is 19.4 Å². The van der Waals surface area contributed by atoms with Gasteiger partial charge in [0.25, 0.3) is 0 Å². The average molecular weight is 326 g/mol. The molecule has 1 N–H and O–H groups in total. The van der Waals surface area contributed by atoms with Gasteiger partial charge in [-0.3, -0.25) is 0 Å². The summed E-state index contributed by atoms with van der Waals surface area (Å²) in [6.07, 6.45) is 2.08. The van der Waals surface area contributed by atoms with E-state index in [0.717, 1.165) is 49.5 Å². The number of aryl methyl sites for hydroxylation is 1. The number of nitrogens with one attached hydrogen (secondary N) is 1. The largest absolute Gasteiger partial charge is 0.490 e. The minimum atomic E-state index is -0.0931. The van der Waals surface area contributed by atoms with Gasteiger partial charge in [-0.25, -0.2) is 4.39 Å². The Morgan fingerprint density at radius 2 is 1.96 bits per heavy atom. The molecule has 0 bridgehead atoms. The Hall–Kier alpha value is -2.07. The lowest BCUT2D eigenvalue weighted by molar-refractivity contribution is 0.306. The molecule has 4 rings (SSSR count). The third-order valence-electron chi connectivity index (χ3n) is 5.02. The molecule has 2 aromatic carbocycles. The van der Waals surface area contributed by atoms with Crippen LogP contribution in [0.1, 0.15) is 22.3 Å². The molecule has 0 amide bonds. The molecule has 0 aromatic heterocycles. The van der Waals surface area contributed by atoms with E-state index in [2.05, 4.69) is 22.3 Å². The van der Waals surface area contributed by atoms with Crippen molar-refractivity contribution in [2.24, 2.45) is 0 Å². The van der Waals surface area contributed by atoms with Crippen LogP contribution < -0.4 is 15.0 Å². The van der Waals surface area contributed by atoms with Crippen LogP contribution in [0.2, 0.25) is 0 Å². The van der Waals surface area contributed by atoms with Crippen LogP contribution in [0, 0.1) is 12.7 Å². The first-order valence-corrected chi connectivity index (χ1v) is 8.70. The third kappa shape index (κ3) is 2.86. The standard InChI is InChI=1S/C20H23FN2O/c1-14-3-2-4-17(20(14)21)13-23-9-10-24-19-12-16-6-8-22-7-5-15(16)11-18(19)23/h2-4,11-12,22H,5-10,13H2,1H3. The molecular weight excluding hydrogens is 303 g/mol. The maximum atomic E-state index is 14.4.